The normalized spacial score (nSPS) is 17.9. The lowest BCUT2D eigenvalue weighted by Crippen LogP contribution is -2.39. The summed E-state index contributed by atoms with van der Waals surface area (Å²) in [6, 6.07) is 14.4. The monoisotopic (exact) mass is 271 g/mol. The molecule has 1 saturated heterocycles. The standard InChI is InChI=1S/C17H18FNO/c18-16-3-1-2-14(12-16)13-4-6-15(7-5-13)17(20)8-10-19-11-9-17/h1-7,12,19-20H,8-11H2. The Bertz CT molecular complexity index is 588. The van der Waals surface area contributed by atoms with Gasteiger partial charge >= 0.3 is 0 Å². The van der Waals surface area contributed by atoms with Crippen molar-refractivity contribution in [2.45, 2.75) is 18.4 Å². The Balaban J connectivity index is 1.88. The highest BCUT2D eigenvalue weighted by Crippen LogP contribution is 2.32. The third kappa shape index (κ3) is 2.60. The van der Waals surface area contributed by atoms with Crippen LogP contribution in [-0.2, 0) is 5.60 Å². The molecular formula is C17H18FNO. The molecule has 2 nitrogen and oxygen atoms in total. The van der Waals surface area contributed by atoms with Crippen LogP contribution >= 0.6 is 0 Å². The van der Waals surface area contributed by atoms with Gasteiger partial charge in [-0.2, -0.15) is 0 Å². The molecule has 104 valence electrons. The van der Waals surface area contributed by atoms with Gasteiger partial charge in [-0.25, -0.2) is 4.39 Å². The van der Waals surface area contributed by atoms with E-state index in [1.54, 1.807) is 6.07 Å². The van der Waals surface area contributed by atoms with E-state index in [9.17, 15) is 9.50 Å². The van der Waals surface area contributed by atoms with Crippen molar-refractivity contribution >= 4 is 0 Å². The number of nitrogens with one attached hydrogen (secondary N) is 1. The van der Waals surface area contributed by atoms with Gasteiger partial charge in [0, 0.05) is 0 Å². The van der Waals surface area contributed by atoms with Crippen LogP contribution in [-0.4, -0.2) is 18.2 Å². The molecule has 1 aliphatic rings. The highest BCUT2D eigenvalue weighted by atomic mass is 19.1. The van der Waals surface area contributed by atoms with Gasteiger partial charge in [-0.15, -0.1) is 0 Å². The predicted octanol–water partition coefficient (Wildman–Crippen LogP) is 3.06. The zero-order valence-corrected chi connectivity index (χ0v) is 11.3. The summed E-state index contributed by atoms with van der Waals surface area (Å²) in [5, 5.41) is 13.9. The van der Waals surface area contributed by atoms with Crippen molar-refractivity contribution in [2.24, 2.45) is 0 Å². The maximum absolute atomic E-state index is 13.2. The first-order valence-electron chi connectivity index (χ1n) is 6.97. The summed E-state index contributed by atoms with van der Waals surface area (Å²) in [7, 11) is 0. The third-order valence-corrected chi connectivity index (χ3v) is 4.01. The van der Waals surface area contributed by atoms with E-state index in [0.29, 0.717) is 0 Å². The first-order valence-corrected chi connectivity index (χ1v) is 6.97. The lowest BCUT2D eigenvalue weighted by atomic mass is 9.84. The maximum Gasteiger partial charge on any atom is 0.123 e. The summed E-state index contributed by atoms with van der Waals surface area (Å²) in [4.78, 5) is 0. The lowest BCUT2D eigenvalue weighted by molar-refractivity contribution is 0.00595. The van der Waals surface area contributed by atoms with E-state index in [2.05, 4.69) is 5.32 Å². The van der Waals surface area contributed by atoms with E-state index < -0.39 is 5.60 Å². The van der Waals surface area contributed by atoms with Gasteiger partial charge in [0.2, 0.25) is 0 Å². The number of hydrogen-bond donors (Lipinski definition) is 2. The molecule has 1 aliphatic heterocycles. The van der Waals surface area contributed by atoms with Crippen molar-refractivity contribution < 1.29 is 9.50 Å². The molecule has 3 rings (SSSR count). The van der Waals surface area contributed by atoms with Crippen LogP contribution in [0.1, 0.15) is 18.4 Å². The van der Waals surface area contributed by atoms with Gasteiger partial charge in [0.15, 0.2) is 0 Å². The Morgan fingerprint density at radius 2 is 1.65 bits per heavy atom. The molecule has 0 unspecified atom stereocenters. The van der Waals surface area contributed by atoms with Gasteiger partial charge < -0.3 is 10.4 Å². The molecule has 0 aromatic heterocycles. The zero-order valence-electron chi connectivity index (χ0n) is 11.3. The summed E-state index contributed by atoms with van der Waals surface area (Å²) in [6.45, 7) is 1.67. The molecule has 0 bridgehead atoms. The number of piperidine rings is 1. The van der Waals surface area contributed by atoms with Crippen molar-refractivity contribution in [3.63, 3.8) is 0 Å². The zero-order chi connectivity index (χ0) is 14.0. The van der Waals surface area contributed by atoms with Crippen LogP contribution in [0, 0.1) is 5.82 Å². The molecule has 2 aromatic carbocycles. The second-order valence-corrected chi connectivity index (χ2v) is 5.37. The number of hydrogen-bond acceptors (Lipinski definition) is 2. The summed E-state index contributed by atoms with van der Waals surface area (Å²) in [6.07, 6.45) is 1.46. The van der Waals surface area contributed by atoms with E-state index in [0.717, 1.165) is 42.6 Å². The minimum atomic E-state index is -0.730. The molecular weight excluding hydrogens is 253 g/mol. The molecule has 0 amide bonds. The molecule has 0 radical (unpaired) electrons. The Kier molecular flexibility index (Phi) is 3.55. The van der Waals surface area contributed by atoms with Crippen LogP contribution in [0.25, 0.3) is 11.1 Å². The smallest absolute Gasteiger partial charge is 0.123 e. The topological polar surface area (TPSA) is 32.3 Å². The fourth-order valence-corrected chi connectivity index (χ4v) is 2.77. The van der Waals surface area contributed by atoms with Crippen LogP contribution in [0.15, 0.2) is 48.5 Å². The maximum atomic E-state index is 13.2. The fraction of sp³-hybridized carbons (Fsp3) is 0.294. The van der Waals surface area contributed by atoms with Crippen molar-refractivity contribution in [3.05, 3.63) is 59.9 Å². The molecule has 1 heterocycles. The molecule has 2 aromatic rings. The van der Waals surface area contributed by atoms with Gasteiger partial charge in [0.05, 0.1) is 5.60 Å². The van der Waals surface area contributed by atoms with Gasteiger partial charge in [-0.05, 0) is 54.8 Å². The van der Waals surface area contributed by atoms with Crippen LogP contribution in [0.2, 0.25) is 0 Å². The Hall–Kier alpha value is -1.71. The first-order chi connectivity index (χ1) is 9.67. The average Bonchev–Trinajstić information content (AvgIpc) is 2.48. The Labute approximate surface area is 118 Å². The lowest BCUT2D eigenvalue weighted by Gasteiger charge is -2.33. The highest BCUT2D eigenvalue weighted by Gasteiger charge is 2.30. The van der Waals surface area contributed by atoms with Crippen LogP contribution < -0.4 is 5.32 Å². The van der Waals surface area contributed by atoms with E-state index in [1.807, 2.05) is 30.3 Å². The van der Waals surface area contributed by atoms with Gasteiger partial charge in [-0.3, -0.25) is 0 Å². The van der Waals surface area contributed by atoms with E-state index >= 15 is 0 Å². The number of benzene rings is 2. The second kappa shape index (κ2) is 5.35. The largest absolute Gasteiger partial charge is 0.385 e. The van der Waals surface area contributed by atoms with Gasteiger partial charge in [0.25, 0.3) is 0 Å². The molecule has 0 spiro atoms. The summed E-state index contributed by atoms with van der Waals surface area (Å²) >= 11 is 0. The molecule has 3 heteroatoms. The third-order valence-electron chi connectivity index (χ3n) is 4.01. The Morgan fingerprint density at radius 1 is 0.950 bits per heavy atom. The van der Waals surface area contributed by atoms with Gasteiger partial charge in [-0.1, -0.05) is 36.4 Å². The minimum absolute atomic E-state index is 0.233. The van der Waals surface area contributed by atoms with Crippen LogP contribution in [0.5, 0.6) is 0 Å². The second-order valence-electron chi connectivity index (χ2n) is 5.37. The average molecular weight is 271 g/mol. The first kappa shape index (κ1) is 13.3. The van der Waals surface area contributed by atoms with Crippen LogP contribution in [0.3, 0.4) is 0 Å². The molecule has 20 heavy (non-hydrogen) atoms. The molecule has 1 fully saturated rings. The summed E-state index contributed by atoms with van der Waals surface area (Å²) in [5.74, 6) is -0.233. The summed E-state index contributed by atoms with van der Waals surface area (Å²) < 4.78 is 13.2. The van der Waals surface area contributed by atoms with E-state index in [1.165, 1.54) is 12.1 Å². The van der Waals surface area contributed by atoms with Crippen LogP contribution in [0.4, 0.5) is 4.39 Å². The Morgan fingerprint density at radius 3 is 2.30 bits per heavy atom. The van der Waals surface area contributed by atoms with Crippen molar-refractivity contribution in [1.82, 2.24) is 5.32 Å². The highest BCUT2D eigenvalue weighted by molar-refractivity contribution is 5.63. The SMILES string of the molecule is OC1(c2ccc(-c3cccc(F)c3)cc2)CCNCC1. The minimum Gasteiger partial charge on any atom is -0.385 e. The van der Waals surface area contributed by atoms with Crippen molar-refractivity contribution in [1.29, 1.82) is 0 Å². The quantitative estimate of drug-likeness (QED) is 0.880. The molecule has 0 aliphatic carbocycles. The fourth-order valence-electron chi connectivity index (χ4n) is 2.77. The summed E-state index contributed by atoms with van der Waals surface area (Å²) in [5.41, 5.74) is 2.03. The molecule has 0 saturated carbocycles. The van der Waals surface area contributed by atoms with E-state index in [-0.39, 0.29) is 5.82 Å². The van der Waals surface area contributed by atoms with Crippen molar-refractivity contribution in [3.8, 4) is 11.1 Å². The number of aliphatic hydroxyl groups is 1. The number of halogens is 1. The molecule has 0 atom stereocenters. The molecule has 2 N–H and O–H groups in total. The van der Waals surface area contributed by atoms with Crippen molar-refractivity contribution in [2.75, 3.05) is 13.1 Å². The predicted molar refractivity (Wildman–Crippen MR) is 77.8 cm³/mol. The number of rotatable bonds is 2. The van der Waals surface area contributed by atoms with E-state index in [4.69, 9.17) is 0 Å². The van der Waals surface area contributed by atoms with Gasteiger partial charge in [0.1, 0.15) is 5.82 Å².